The van der Waals surface area contributed by atoms with E-state index in [-0.39, 0.29) is 12.0 Å². The van der Waals surface area contributed by atoms with Gasteiger partial charge in [0, 0.05) is 19.1 Å². The number of carbonyl (C=O) groups excluding carboxylic acids is 1. The van der Waals surface area contributed by atoms with E-state index in [0.717, 1.165) is 41.6 Å². The van der Waals surface area contributed by atoms with Gasteiger partial charge in [0.25, 0.3) is 0 Å². The van der Waals surface area contributed by atoms with Crippen LogP contribution in [0.15, 0.2) is 30.3 Å². The lowest BCUT2D eigenvalue weighted by Gasteiger charge is -2.33. The van der Waals surface area contributed by atoms with Crippen molar-refractivity contribution in [2.75, 3.05) is 25.1 Å². The Balaban J connectivity index is 1.61. The van der Waals surface area contributed by atoms with E-state index in [2.05, 4.69) is 20.4 Å². The van der Waals surface area contributed by atoms with Gasteiger partial charge in [-0.15, -0.1) is 10.2 Å². The number of carbonyl (C=O) groups is 1. The van der Waals surface area contributed by atoms with Gasteiger partial charge in [-0.1, -0.05) is 41.7 Å². The number of rotatable bonds is 5. The Morgan fingerprint density at radius 3 is 2.58 bits per heavy atom. The highest BCUT2D eigenvalue weighted by Crippen LogP contribution is 2.25. The van der Waals surface area contributed by atoms with Crippen molar-refractivity contribution in [1.29, 1.82) is 0 Å². The SMILES string of the molecule is COC(=O)[C@H](NC1CCN(c2nnc(C)s2)CC1)c1ccccc1. The van der Waals surface area contributed by atoms with Crippen LogP contribution in [0, 0.1) is 6.92 Å². The van der Waals surface area contributed by atoms with Gasteiger partial charge in [-0.2, -0.15) is 0 Å². The van der Waals surface area contributed by atoms with Gasteiger partial charge in [-0.3, -0.25) is 5.32 Å². The van der Waals surface area contributed by atoms with Crippen LogP contribution in [0.3, 0.4) is 0 Å². The number of anilines is 1. The standard InChI is InChI=1S/C17H22N4O2S/c1-12-19-20-17(24-12)21-10-8-14(9-11-21)18-15(16(22)23-2)13-6-4-3-5-7-13/h3-7,14-15,18H,8-11H2,1-2H3/t15-/m1/s1. The van der Waals surface area contributed by atoms with E-state index in [1.165, 1.54) is 7.11 Å². The first-order chi connectivity index (χ1) is 11.7. The molecule has 1 atom stereocenters. The Hall–Kier alpha value is -1.99. The van der Waals surface area contributed by atoms with Crippen molar-refractivity contribution in [3.8, 4) is 0 Å². The van der Waals surface area contributed by atoms with Crippen LogP contribution >= 0.6 is 11.3 Å². The highest BCUT2D eigenvalue weighted by atomic mass is 32.1. The van der Waals surface area contributed by atoms with Gasteiger partial charge in [-0.05, 0) is 25.3 Å². The first kappa shape index (κ1) is 16.9. The van der Waals surface area contributed by atoms with Gasteiger partial charge in [0.15, 0.2) is 0 Å². The lowest BCUT2D eigenvalue weighted by atomic mass is 10.0. The van der Waals surface area contributed by atoms with E-state index >= 15 is 0 Å². The van der Waals surface area contributed by atoms with Crippen molar-refractivity contribution in [3.63, 3.8) is 0 Å². The van der Waals surface area contributed by atoms with Gasteiger partial charge in [0.1, 0.15) is 11.0 Å². The summed E-state index contributed by atoms with van der Waals surface area (Å²) in [5.74, 6) is -0.247. The Morgan fingerprint density at radius 2 is 2.00 bits per heavy atom. The number of hydrogen-bond acceptors (Lipinski definition) is 7. The molecule has 1 aromatic carbocycles. The molecule has 0 unspecified atom stereocenters. The number of aryl methyl sites for hydroxylation is 1. The number of piperidine rings is 1. The maximum Gasteiger partial charge on any atom is 0.327 e. The molecule has 7 heteroatoms. The van der Waals surface area contributed by atoms with Crippen molar-refractivity contribution in [2.24, 2.45) is 0 Å². The fourth-order valence-corrected chi connectivity index (χ4v) is 3.69. The lowest BCUT2D eigenvalue weighted by molar-refractivity contribution is -0.143. The molecular formula is C17H22N4O2S. The lowest BCUT2D eigenvalue weighted by Crippen LogP contribution is -2.45. The second kappa shape index (κ2) is 7.72. The van der Waals surface area contributed by atoms with E-state index in [1.54, 1.807) is 11.3 Å². The molecule has 6 nitrogen and oxygen atoms in total. The normalized spacial score (nSPS) is 16.8. The molecule has 0 radical (unpaired) electrons. The van der Waals surface area contributed by atoms with Crippen LogP contribution < -0.4 is 10.2 Å². The van der Waals surface area contributed by atoms with E-state index in [0.29, 0.717) is 0 Å². The van der Waals surface area contributed by atoms with E-state index in [9.17, 15) is 4.79 Å². The van der Waals surface area contributed by atoms with Crippen molar-refractivity contribution in [1.82, 2.24) is 15.5 Å². The zero-order chi connectivity index (χ0) is 16.9. The second-order valence-electron chi connectivity index (χ2n) is 5.90. The van der Waals surface area contributed by atoms with E-state index in [4.69, 9.17) is 4.74 Å². The number of nitrogens with one attached hydrogen (secondary N) is 1. The van der Waals surface area contributed by atoms with Crippen molar-refractivity contribution in [3.05, 3.63) is 40.9 Å². The minimum absolute atomic E-state index is 0.247. The molecule has 1 aromatic heterocycles. The number of benzene rings is 1. The van der Waals surface area contributed by atoms with Crippen LogP contribution in [0.4, 0.5) is 5.13 Å². The minimum Gasteiger partial charge on any atom is -0.468 e. The average Bonchev–Trinajstić information content (AvgIpc) is 3.06. The predicted molar refractivity (Wildman–Crippen MR) is 94.2 cm³/mol. The van der Waals surface area contributed by atoms with Gasteiger partial charge in [0.2, 0.25) is 5.13 Å². The van der Waals surface area contributed by atoms with Crippen LogP contribution in [0.5, 0.6) is 0 Å². The zero-order valence-electron chi connectivity index (χ0n) is 13.9. The van der Waals surface area contributed by atoms with Crippen molar-refractivity contribution >= 4 is 22.4 Å². The van der Waals surface area contributed by atoms with Crippen LogP contribution in [-0.4, -0.2) is 42.4 Å². The van der Waals surface area contributed by atoms with Gasteiger partial charge < -0.3 is 9.64 Å². The molecule has 1 saturated heterocycles. The van der Waals surface area contributed by atoms with Crippen molar-refractivity contribution in [2.45, 2.75) is 31.8 Å². The summed E-state index contributed by atoms with van der Waals surface area (Å²) >= 11 is 1.62. The molecular weight excluding hydrogens is 324 g/mol. The number of esters is 1. The summed E-state index contributed by atoms with van der Waals surface area (Å²) in [5, 5.41) is 13.7. The molecule has 1 aliphatic rings. The number of nitrogens with zero attached hydrogens (tertiary/aromatic N) is 3. The Bertz CT molecular complexity index is 668. The average molecular weight is 346 g/mol. The molecule has 0 amide bonds. The molecule has 0 saturated carbocycles. The highest BCUT2D eigenvalue weighted by Gasteiger charge is 2.28. The highest BCUT2D eigenvalue weighted by molar-refractivity contribution is 7.15. The third-order valence-electron chi connectivity index (χ3n) is 4.25. The Kier molecular flexibility index (Phi) is 5.42. The molecule has 128 valence electrons. The molecule has 0 aliphatic carbocycles. The Labute approximate surface area is 145 Å². The molecule has 0 bridgehead atoms. The van der Waals surface area contributed by atoms with E-state index in [1.807, 2.05) is 37.3 Å². The fraction of sp³-hybridized carbons (Fsp3) is 0.471. The molecule has 2 aromatic rings. The molecule has 0 spiro atoms. The monoisotopic (exact) mass is 346 g/mol. The van der Waals surface area contributed by atoms with E-state index < -0.39 is 6.04 Å². The summed E-state index contributed by atoms with van der Waals surface area (Å²) in [7, 11) is 1.43. The Morgan fingerprint density at radius 1 is 1.29 bits per heavy atom. The predicted octanol–water partition coefficient (Wildman–Crippen LogP) is 2.32. The molecule has 2 heterocycles. The van der Waals surface area contributed by atoms with Crippen LogP contribution in [0.2, 0.25) is 0 Å². The topological polar surface area (TPSA) is 67.3 Å². The maximum atomic E-state index is 12.2. The summed E-state index contributed by atoms with van der Waals surface area (Å²) in [5.41, 5.74) is 0.937. The molecule has 24 heavy (non-hydrogen) atoms. The van der Waals surface area contributed by atoms with Gasteiger partial charge in [0.05, 0.1) is 7.11 Å². The number of aromatic nitrogens is 2. The maximum absolute atomic E-state index is 12.2. The van der Waals surface area contributed by atoms with Gasteiger partial charge in [-0.25, -0.2) is 4.79 Å². The third-order valence-corrected chi connectivity index (χ3v) is 5.15. The summed E-state index contributed by atoms with van der Waals surface area (Å²) in [4.78, 5) is 14.4. The fourth-order valence-electron chi connectivity index (χ4n) is 2.95. The number of hydrogen-bond donors (Lipinski definition) is 1. The molecule has 1 aliphatic heterocycles. The quantitative estimate of drug-likeness (QED) is 0.838. The smallest absolute Gasteiger partial charge is 0.327 e. The molecule has 3 rings (SSSR count). The number of methoxy groups -OCH3 is 1. The minimum atomic E-state index is -0.420. The summed E-state index contributed by atoms with van der Waals surface area (Å²) < 4.78 is 4.97. The second-order valence-corrected chi connectivity index (χ2v) is 7.06. The molecule has 1 fully saturated rings. The third kappa shape index (κ3) is 3.91. The van der Waals surface area contributed by atoms with Crippen LogP contribution in [0.25, 0.3) is 0 Å². The largest absolute Gasteiger partial charge is 0.468 e. The first-order valence-corrected chi connectivity index (χ1v) is 8.93. The van der Waals surface area contributed by atoms with Crippen molar-refractivity contribution < 1.29 is 9.53 Å². The zero-order valence-corrected chi connectivity index (χ0v) is 14.8. The van der Waals surface area contributed by atoms with Crippen LogP contribution in [-0.2, 0) is 9.53 Å². The summed E-state index contributed by atoms with van der Waals surface area (Å²) in [6, 6.07) is 9.58. The van der Waals surface area contributed by atoms with Gasteiger partial charge >= 0.3 is 5.97 Å². The van der Waals surface area contributed by atoms with Crippen LogP contribution in [0.1, 0.15) is 29.5 Å². The molecule has 1 N–H and O–H groups in total. The number of ether oxygens (including phenoxy) is 1. The first-order valence-electron chi connectivity index (χ1n) is 8.11. The summed E-state index contributed by atoms with van der Waals surface area (Å²) in [6.07, 6.45) is 1.91. The summed E-state index contributed by atoms with van der Waals surface area (Å²) in [6.45, 7) is 3.79.